The monoisotopic (exact) mass is 329 g/mol. The van der Waals surface area contributed by atoms with Crippen LogP contribution in [0.3, 0.4) is 0 Å². The summed E-state index contributed by atoms with van der Waals surface area (Å²) < 4.78 is 16.7. The highest BCUT2D eigenvalue weighted by Crippen LogP contribution is 2.32. The molecule has 0 spiro atoms. The molecule has 0 aliphatic carbocycles. The summed E-state index contributed by atoms with van der Waals surface area (Å²) >= 11 is 0. The second kappa shape index (κ2) is 9.18. The van der Waals surface area contributed by atoms with Gasteiger partial charge in [0.15, 0.2) is 11.5 Å². The van der Waals surface area contributed by atoms with Crippen LogP contribution in [-0.2, 0) is 6.42 Å². The molecule has 0 saturated heterocycles. The van der Waals surface area contributed by atoms with Gasteiger partial charge in [-0.1, -0.05) is 31.2 Å². The quantitative estimate of drug-likeness (QED) is 0.761. The molecule has 0 saturated carbocycles. The maximum Gasteiger partial charge on any atom is 0.161 e. The molecule has 130 valence electrons. The predicted molar refractivity (Wildman–Crippen MR) is 97.3 cm³/mol. The number of nitrogens with two attached hydrogens (primary N) is 1. The number of ether oxygens (including phenoxy) is 3. The smallest absolute Gasteiger partial charge is 0.161 e. The Hall–Kier alpha value is -2.20. The molecule has 2 N–H and O–H groups in total. The van der Waals surface area contributed by atoms with Gasteiger partial charge in [0.25, 0.3) is 0 Å². The van der Waals surface area contributed by atoms with Crippen LogP contribution in [0, 0.1) is 0 Å². The van der Waals surface area contributed by atoms with Crippen LogP contribution >= 0.6 is 0 Å². The minimum absolute atomic E-state index is 0.188. The molecular weight excluding hydrogens is 302 g/mol. The molecule has 4 heteroatoms. The Kier molecular flexibility index (Phi) is 6.94. The molecule has 0 fully saturated rings. The van der Waals surface area contributed by atoms with Gasteiger partial charge in [0.05, 0.1) is 20.8 Å². The first-order chi connectivity index (χ1) is 11.7. The second-order valence-corrected chi connectivity index (χ2v) is 5.71. The fourth-order valence-electron chi connectivity index (χ4n) is 2.78. The summed E-state index contributed by atoms with van der Waals surface area (Å²) in [4.78, 5) is 0. The third kappa shape index (κ3) is 4.42. The van der Waals surface area contributed by atoms with Gasteiger partial charge in [-0.25, -0.2) is 0 Å². The van der Waals surface area contributed by atoms with E-state index in [-0.39, 0.29) is 5.92 Å². The average Bonchev–Trinajstić information content (AvgIpc) is 2.64. The molecule has 2 aromatic rings. The van der Waals surface area contributed by atoms with Crippen molar-refractivity contribution < 1.29 is 14.2 Å². The summed E-state index contributed by atoms with van der Waals surface area (Å²) in [5.41, 5.74) is 8.33. The lowest BCUT2D eigenvalue weighted by Crippen LogP contribution is -2.16. The Labute approximate surface area is 144 Å². The fourth-order valence-corrected chi connectivity index (χ4v) is 2.78. The lowest BCUT2D eigenvalue weighted by atomic mass is 9.91. The van der Waals surface area contributed by atoms with Crippen molar-refractivity contribution in [3.63, 3.8) is 0 Å². The van der Waals surface area contributed by atoms with Crippen molar-refractivity contribution in [2.75, 3.05) is 27.4 Å². The Morgan fingerprint density at radius 2 is 1.71 bits per heavy atom. The van der Waals surface area contributed by atoms with Crippen LogP contribution in [0.2, 0.25) is 0 Å². The number of hydrogen-bond donors (Lipinski definition) is 1. The van der Waals surface area contributed by atoms with E-state index in [1.807, 2.05) is 30.3 Å². The fraction of sp³-hybridized carbons (Fsp3) is 0.400. The van der Waals surface area contributed by atoms with Gasteiger partial charge in [0, 0.05) is 5.92 Å². The van der Waals surface area contributed by atoms with Gasteiger partial charge >= 0.3 is 0 Å². The normalized spacial score (nSPS) is 11.8. The van der Waals surface area contributed by atoms with E-state index in [9.17, 15) is 0 Å². The van der Waals surface area contributed by atoms with Crippen LogP contribution in [0.15, 0.2) is 42.5 Å². The van der Waals surface area contributed by atoms with E-state index < -0.39 is 0 Å². The Morgan fingerprint density at radius 3 is 2.38 bits per heavy atom. The molecule has 1 atom stereocenters. The Morgan fingerprint density at radius 1 is 0.958 bits per heavy atom. The lowest BCUT2D eigenvalue weighted by molar-refractivity contribution is 0.294. The molecule has 1 unspecified atom stereocenters. The van der Waals surface area contributed by atoms with E-state index in [1.165, 1.54) is 0 Å². The summed E-state index contributed by atoms with van der Waals surface area (Å²) in [5.74, 6) is 2.61. The maximum absolute atomic E-state index is 6.03. The number of para-hydroxylation sites is 1. The van der Waals surface area contributed by atoms with Crippen molar-refractivity contribution in [2.45, 2.75) is 25.7 Å². The van der Waals surface area contributed by atoms with Gasteiger partial charge in [-0.3, -0.25) is 0 Å². The molecule has 2 aromatic carbocycles. The van der Waals surface area contributed by atoms with E-state index in [0.29, 0.717) is 13.2 Å². The van der Waals surface area contributed by atoms with Crippen molar-refractivity contribution in [1.29, 1.82) is 0 Å². The van der Waals surface area contributed by atoms with Gasteiger partial charge in [0.2, 0.25) is 0 Å². The molecule has 0 aliphatic rings. The van der Waals surface area contributed by atoms with Crippen LogP contribution in [0.4, 0.5) is 0 Å². The van der Waals surface area contributed by atoms with Gasteiger partial charge in [-0.15, -0.1) is 0 Å². The largest absolute Gasteiger partial charge is 0.496 e. The lowest BCUT2D eigenvalue weighted by Gasteiger charge is -2.19. The highest BCUT2D eigenvalue weighted by molar-refractivity contribution is 5.44. The third-order valence-electron chi connectivity index (χ3n) is 4.04. The molecule has 0 aliphatic heterocycles. The third-order valence-corrected chi connectivity index (χ3v) is 4.04. The highest BCUT2D eigenvalue weighted by Gasteiger charge is 2.16. The second-order valence-electron chi connectivity index (χ2n) is 5.71. The molecule has 4 nitrogen and oxygen atoms in total. The molecule has 0 amide bonds. The highest BCUT2D eigenvalue weighted by atomic mass is 16.5. The van der Waals surface area contributed by atoms with Crippen LogP contribution in [0.25, 0.3) is 0 Å². The van der Waals surface area contributed by atoms with E-state index >= 15 is 0 Å². The summed E-state index contributed by atoms with van der Waals surface area (Å²) in [6, 6.07) is 14.1. The molecule has 2 rings (SSSR count). The van der Waals surface area contributed by atoms with Crippen molar-refractivity contribution in [3.8, 4) is 17.2 Å². The summed E-state index contributed by atoms with van der Waals surface area (Å²) in [7, 11) is 3.36. The van der Waals surface area contributed by atoms with Crippen molar-refractivity contribution in [3.05, 3.63) is 53.6 Å². The maximum atomic E-state index is 6.03. The van der Waals surface area contributed by atoms with E-state index in [1.54, 1.807) is 14.2 Å². The molecule has 0 radical (unpaired) electrons. The van der Waals surface area contributed by atoms with Crippen LogP contribution in [-0.4, -0.2) is 27.4 Å². The number of benzene rings is 2. The van der Waals surface area contributed by atoms with Crippen LogP contribution in [0.5, 0.6) is 17.2 Å². The van der Waals surface area contributed by atoms with E-state index in [2.05, 4.69) is 19.1 Å². The minimum atomic E-state index is 0.188. The zero-order valence-corrected chi connectivity index (χ0v) is 14.7. The zero-order valence-electron chi connectivity index (χ0n) is 14.7. The van der Waals surface area contributed by atoms with E-state index in [4.69, 9.17) is 19.9 Å². The molecule has 0 heterocycles. The van der Waals surface area contributed by atoms with Gasteiger partial charge in [-0.2, -0.15) is 0 Å². The molecule has 0 aromatic heterocycles. The van der Waals surface area contributed by atoms with Gasteiger partial charge in [-0.05, 0) is 48.7 Å². The summed E-state index contributed by atoms with van der Waals surface area (Å²) in [6.45, 7) is 3.32. The number of methoxy groups -OCH3 is 2. The minimum Gasteiger partial charge on any atom is -0.496 e. The van der Waals surface area contributed by atoms with Gasteiger partial charge < -0.3 is 19.9 Å². The molecular formula is C20H27NO3. The summed E-state index contributed by atoms with van der Waals surface area (Å²) in [5, 5.41) is 0. The first-order valence-corrected chi connectivity index (χ1v) is 8.36. The molecule has 24 heavy (non-hydrogen) atoms. The molecule has 0 bridgehead atoms. The van der Waals surface area contributed by atoms with Crippen molar-refractivity contribution in [1.82, 2.24) is 0 Å². The topological polar surface area (TPSA) is 53.7 Å². The van der Waals surface area contributed by atoms with Crippen molar-refractivity contribution >= 4 is 0 Å². The number of hydrogen-bond acceptors (Lipinski definition) is 4. The van der Waals surface area contributed by atoms with Crippen molar-refractivity contribution in [2.24, 2.45) is 5.73 Å². The first kappa shape index (κ1) is 18.1. The predicted octanol–water partition coefficient (Wildman–Crippen LogP) is 3.78. The summed E-state index contributed by atoms with van der Waals surface area (Å²) in [6.07, 6.45) is 1.79. The van der Waals surface area contributed by atoms with Crippen LogP contribution < -0.4 is 19.9 Å². The first-order valence-electron chi connectivity index (χ1n) is 8.36. The standard InChI is InChI=1S/C20H27NO3/c1-4-11-24-19-10-9-15(13-20(19)23-3)12-16(14-21)17-7-5-6-8-18(17)22-2/h5-10,13,16H,4,11-12,14,21H2,1-3H3. The Bertz CT molecular complexity index is 643. The average molecular weight is 329 g/mol. The van der Waals surface area contributed by atoms with Gasteiger partial charge in [0.1, 0.15) is 5.75 Å². The van der Waals surface area contributed by atoms with Crippen LogP contribution in [0.1, 0.15) is 30.4 Å². The number of rotatable bonds is 9. The zero-order chi connectivity index (χ0) is 17.4. The van der Waals surface area contributed by atoms with E-state index in [0.717, 1.165) is 41.2 Å². The Balaban J connectivity index is 2.21. The SMILES string of the molecule is CCCOc1ccc(CC(CN)c2ccccc2OC)cc1OC.